The van der Waals surface area contributed by atoms with Crippen molar-refractivity contribution in [1.82, 2.24) is 15.5 Å². The third-order valence-corrected chi connectivity index (χ3v) is 4.16. The van der Waals surface area contributed by atoms with Crippen LogP contribution in [0.3, 0.4) is 0 Å². The van der Waals surface area contributed by atoms with E-state index in [2.05, 4.69) is 15.5 Å². The van der Waals surface area contributed by atoms with Crippen LogP contribution in [0.25, 0.3) is 0 Å². The molecule has 0 bridgehead atoms. The molecule has 0 aromatic heterocycles. The average molecular weight is 319 g/mol. The molecule has 6 nitrogen and oxygen atoms in total. The molecule has 2 aliphatic heterocycles. The summed E-state index contributed by atoms with van der Waals surface area (Å²) >= 11 is 0. The molecule has 23 heavy (non-hydrogen) atoms. The number of carbonyl (C=O) groups excluding carboxylic acids is 1. The Morgan fingerprint density at radius 3 is 2.78 bits per heavy atom. The average Bonchev–Trinajstić information content (AvgIpc) is 2.84. The summed E-state index contributed by atoms with van der Waals surface area (Å²) in [6.07, 6.45) is 1.83. The van der Waals surface area contributed by atoms with Crippen molar-refractivity contribution < 1.29 is 14.3 Å². The highest BCUT2D eigenvalue weighted by atomic mass is 16.5. The highest BCUT2D eigenvalue weighted by Gasteiger charge is 2.14. The molecule has 2 heterocycles. The molecule has 0 unspecified atom stereocenters. The normalized spacial score (nSPS) is 18.3. The van der Waals surface area contributed by atoms with Gasteiger partial charge in [-0.25, -0.2) is 0 Å². The molecule has 1 fully saturated rings. The van der Waals surface area contributed by atoms with Gasteiger partial charge in [0.2, 0.25) is 0 Å². The molecule has 2 aliphatic rings. The van der Waals surface area contributed by atoms with Crippen LogP contribution in [0.4, 0.5) is 0 Å². The highest BCUT2D eigenvalue weighted by Crippen LogP contribution is 2.30. The molecule has 0 spiro atoms. The Bertz CT molecular complexity index is 530. The van der Waals surface area contributed by atoms with Gasteiger partial charge in [-0.3, -0.25) is 4.79 Å². The van der Waals surface area contributed by atoms with Crippen molar-refractivity contribution in [1.29, 1.82) is 0 Å². The molecule has 1 aromatic carbocycles. The van der Waals surface area contributed by atoms with Crippen molar-refractivity contribution >= 4 is 5.91 Å². The summed E-state index contributed by atoms with van der Waals surface area (Å²) in [5.41, 5.74) is 0.622. The zero-order valence-electron chi connectivity index (χ0n) is 13.5. The molecule has 0 aliphatic carbocycles. The van der Waals surface area contributed by atoms with E-state index in [0.717, 1.165) is 51.3 Å². The summed E-state index contributed by atoms with van der Waals surface area (Å²) in [6, 6.07) is 5.38. The molecule has 2 N–H and O–H groups in total. The number of amides is 1. The first-order valence-corrected chi connectivity index (χ1v) is 8.44. The first-order chi connectivity index (χ1) is 11.3. The van der Waals surface area contributed by atoms with Crippen LogP contribution in [-0.4, -0.2) is 63.3 Å². The standard InChI is InChI=1S/C17H25N3O3/c21-17(19-5-1-8-20-9-6-18-7-10-20)14-3-4-15-16(13-14)23-12-2-11-22-15/h3-4,13,18H,1-2,5-12H2,(H,19,21). The van der Waals surface area contributed by atoms with E-state index in [9.17, 15) is 4.79 Å². The van der Waals surface area contributed by atoms with Crippen LogP contribution in [-0.2, 0) is 0 Å². The van der Waals surface area contributed by atoms with E-state index < -0.39 is 0 Å². The first-order valence-electron chi connectivity index (χ1n) is 8.44. The lowest BCUT2D eigenvalue weighted by molar-refractivity contribution is 0.0951. The second kappa shape index (κ2) is 8.17. The smallest absolute Gasteiger partial charge is 0.251 e. The minimum atomic E-state index is -0.0547. The monoisotopic (exact) mass is 319 g/mol. The second-order valence-electron chi connectivity index (χ2n) is 5.91. The molecule has 1 saturated heterocycles. The number of nitrogens with one attached hydrogen (secondary N) is 2. The van der Waals surface area contributed by atoms with Gasteiger partial charge in [0.15, 0.2) is 11.5 Å². The van der Waals surface area contributed by atoms with Crippen LogP contribution in [0.2, 0.25) is 0 Å². The van der Waals surface area contributed by atoms with Crippen LogP contribution in [0.5, 0.6) is 11.5 Å². The summed E-state index contributed by atoms with van der Waals surface area (Å²) < 4.78 is 11.2. The van der Waals surface area contributed by atoms with Crippen molar-refractivity contribution in [2.45, 2.75) is 12.8 Å². The van der Waals surface area contributed by atoms with Crippen LogP contribution in [0.15, 0.2) is 18.2 Å². The summed E-state index contributed by atoms with van der Waals surface area (Å²) in [5, 5.41) is 6.32. The molecular formula is C17H25N3O3. The van der Waals surface area contributed by atoms with Gasteiger partial charge in [-0.05, 0) is 31.2 Å². The lowest BCUT2D eigenvalue weighted by Gasteiger charge is -2.27. The molecule has 0 atom stereocenters. The topological polar surface area (TPSA) is 62.8 Å². The Morgan fingerprint density at radius 2 is 1.96 bits per heavy atom. The van der Waals surface area contributed by atoms with Gasteiger partial charge in [-0.15, -0.1) is 0 Å². The summed E-state index contributed by atoms with van der Waals surface area (Å²) in [6.45, 7) is 7.31. The Hall–Kier alpha value is -1.79. The van der Waals surface area contributed by atoms with Crippen molar-refractivity contribution in [2.24, 2.45) is 0 Å². The van der Waals surface area contributed by atoms with Gasteiger partial charge in [0.1, 0.15) is 0 Å². The van der Waals surface area contributed by atoms with Crippen LogP contribution < -0.4 is 20.1 Å². The van der Waals surface area contributed by atoms with E-state index >= 15 is 0 Å². The minimum absolute atomic E-state index is 0.0547. The van der Waals surface area contributed by atoms with E-state index in [1.807, 2.05) is 6.07 Å². The number of rotatable bonds is 5. The maximum atomic E-state index is 12.2. The number of carbonyl (C=O) groups is 1. The first kappa shape index (κ1) is 16.1. The fraction of sp³-hybridized carbons (Fsp3) is 0.588. The van der Waals surface area contributed by atoms with Gasteiger partial charge in [0.25, 0.3) is 5.91 Å². The predicted octanol–water partition coefficient (Wildman–Crippen LogP) is 0.873. The van der Waals surface area contributed by atoms with Gasteiger partial charge in [0, 0.05) is 44.7 Å². The Balaban J connectivity index is 1.45. The molecule has 3 rings (SSSR count). The predicted molar refractivity (Wildman–Crippen MR) is 88.3 cm³/mol. The maximum absolute atomic E-state index is 12.2. The van der Waals surface area contributed by atoms with E-state index in [0.29, 0.717) is 31.1 Å². The van der Waals surface area contributed by atoms with Crippen LogP contribution in [0, 0.1) is 0 Å². The second-order valence-corrected chi connectivity index (χ2v) is 5.91. The van der Waals surface area contributed by atoms with Gasteiger partial charge < -0.3 is 25.0 Å². The van der Waals surface area contributed by atoms with E-state index in [1.54, 1.807) is 12.1 Å². The lowest BCUT2D eigenvalue weighted by Crippen LogP contribution is -2.44. The van der Waals surface area contributed by atoms with Gasteiger partial charge >= 0.3 is 0 Å². The highest BCUT2D eigenvalue weighted by molar-refractivity contribution is 5.94. The fourth-order valence-corrected chi connectivity index (χ4v) is 2.85. The van der Waals surface area contributed by atoms with E-state index in [-0.39, 0.29) is 5.91 Å². The SMILES string of the molecule is O=C(NCCCN1CCNCC1)c1ccc2c(c1)OCCCO2. The Kier molecular flexibility index (Phi) is 5.71. The summed E-state index contributed by atoms with van der Waals surface area (Å²) in [5.74, 6) is 1.33. The summed E-state index contributed by atoms with van der Waals surface area (Å²) in [7, 11) is 0. The van der Waals surface area contributed by atoms with E-state index in [1.165, 1.54) is 0 Å². The number of fused-ring (bicyclic) bond motifs is 1. The third kappa shape index (κ3) is 4.59. The van der Waals surface area contributed by atoms with Crippen LogP contribution in [0.1, 0.15) is 23.2 Å². The molecule has 1 amide bonds. The van der Waals surface area contributed by atoms with Gasteiger partial charge in [-0.2, -0.15) is 0 Å². The Morgan fingerprint density at radius 1 is 1.17 bits per heavy atom. The molecule has 1 aromatic rings. The molecular weight excluding hydrogens is 294 g/mol. The number of ether oxygens (including phenoxy) is 2. The largest absolute Gasteiger partial charge is 0.490 e. The molecule has 0 radical (unpaired) electrons. The minimum Gasteiger partial charge on any atom is -0.490 e. The van der Waals surface area contributed by atoms with Crippen molar-refractivity contribution in [2.75, 3.05) is 52.5 Å². The fourth-order valence-electron chi connectivity index (χ4n) is 2.85. The molecule has 6 heteroatoms. The quantitative estimate of drug-likeness (QED) is 0.789. The number of piperazine rings is 1. The van der Waals surface area contributed by atoms with Crippen molar-refractivity contribution in [3.05, 3.63) is 23.8 Å². The zero-order chi connectivity index (χ0) is 15.9. The summed E-state index contributed by atoms with van der Waals surface area (Å²) in [4.78, 5) is 14.7. The van der Waals surface area contributed by atoms with Crippen molar-refractivity contribution in [3.63, 3.8) is 0 Å². The van der Waals surface area contributed by atoms with Gasteiger partial charge in [0.05, 0.1) is 13.2 Å². The number of benzene rings is 1. The molecule has 126 valence electrons. The maximum Gasteiger partial charge on any atom is 0.251 e. The number of nitrogens with zero attached hydrogens (tertiary/aromatic N) is 1. The third-order valence-electron chi connectivity index (χ3n) is 4.16. The van der Waals surface area contributed by atoms with Gasteiger partial charge in [-0.1, -0.05) is 0 Å². The molecule has 0 saturated carbocycles. The van der Waals surface area contributed by atoms with Crippen molar-refractivity contribution in [3.8, 4) is 11.5 Å². The zero-order valence-corrected chi connectivity index (χ0v) is 13.5. The van der Waals surface area contributed by atoms with Crippen LogP contribution >= 0.6 is 0 Å². The number of hydrogen-bond acceptors (Lipinski definition) is 5. The number of hydrogen-bond donors (Lipinski definition) is 2. The lowest BCUT2D eigenvalue weighted by atomic mass is 10.2. The Labute approximate surface area is 137 Å². The van der Waals surface area contributed by atoms with E-state index in [4.69, 9.17) is 9.47 Å².